The third-order valence-corrected chi connectivity index (χ3v) is 1.44. The Kier molecular flexibility index (Phi) is 2.85. The minimum atomic E-state index is 0.00634. The van der Waals surface area contributed by atoms with E-state index in [0.717, 1.165) is 12.1 Å². The van der Waals surface area contributed by atoms with Crippen molar-refractivity contribution in [3.05, 3.63) is 11.9 Å². The number of anilines is 1. The average Bonchev–Trinajstić information content (AvgIpc) is 2.36. The molecule has 0 fully saturated rings. The molecule has 4 nitrogen and oxygen atoms in total. The first-order chi connectivity index (χ1) is 5.72. The summed E-state index contributed by atoms with van der Waals surface area (Å²) in [6, 6.07) is 0. The number of hydrogen-bond donors (Lipinski definition) is 2. The van der Waals surface area contributed by atoms with Crippen LogP contribution < -0.4 is 5.32 Å². The van der Waals surface area contributed by atoms with Gasteiger partial charge in [0.15, 0.2) is 0 Å². The number of carbonyl (C=O) groups excluding carboxylic acids is 1. The molecule has 4 heteroatoms. The maximum Gasteiger partial charge on any atom is 0.226 e. The number of imidazole rings is 1. The van der Waals surface area contributed by atoms with Gasteiger partial charge < -0.3 is 4.98 Å². The molecule has 1 aromatic rings. The Bertz CT molecular complexity index is 267. The van der Waals surface area contributed by atoms with Crippen LogP contribution in [-0.4, -0.2) is 15.9 Å². The summed E-state index contributed by atoms with van der Waals surface area (Å²) in [6.07, 6.45) is 3.08. The van der Waals surface area contributed by atoms with Crippen LogP contribution in [0.25, 0.3) is 0 Å². The van der Waals surface area contributed by atoms with Crippen LogP contribution in [-0.2, 0) is 4.79 Å². The maximum absolute atomic E-state index is 11.1. The summed E-state index contributed by atoms with van der Waals surface area (Å²) < 4.78 is 0. The Morgan fingerprint density at radius 1 is 1.75 bits per heavy atom. The third kappa shape index (κ3) is 2.38. The molecule has 1 aromatic heterocycles. The van der Waals surface area contributed by atoms with Gasteiger partial charge in [-0.15, -0.1) is 0 Å². The number of amides is 1. The Hall–Kier alpha value is -1.32. The van der Waals surface area contributed by atoms with Crippen molar-refractivity contribution in [3.8, 4) is 0 Å². The number of aromatic amines is 1. The molecule has 0 saturated heterocycles. The molecule has 0 aliphatic carbocycles. The Morgan fingerprint density at radius 2 is 2.50 bits per heavy atom. The molecule has 0 aliphatic heterocycles. The molecule has 12 heavy (non-hydrogen) atoms. The minimum absolute atomic E-state index is 0.00634. The van der Waals surface area contributed by atoms with Crippen LogP contribution in [0.1, 0.15) is 25.5 Å². The van der Waals surface area contributed by atoms with Crippen LogP contribution in [0.3, 0.4) is 0 Å². The molecule has 66 valence electrons. The Balaban J connectivity index is 2.46. The molecule has 1 heterocycles. The molecule has 0 spiro atoms. The standard InChI is InChI=1S/C8H13N3O/c1-3-4-7(12)11-8-9-5-6(2)10-8/h5H,3-4H2,1-2H3,(H2,9,10,11,12). The van der Waals surface area contributed by atoms with Crippen molar-refractivity contribution in [1.82, 2.24) is 9.97 Å². The average molecular weight is 167 g/mol. The molecule has 0 aromatic carbocycles. The molecule has 0 saturated carbocycles. The fourth-order valence-corrected chi connectivity index (χ4v) is 0.898. The van der Waals surface area contributed by atoms with Crippen molar-refractivity contribution < 1.29 is 4.79 Å². The van der Waals surface area contributed by atoms with Crippen molar-refractivity contribution in [2.75, 3.05) is 5.32 Å². The van der Waals surface area contributed by atoms with Gasteiger partial charge in [-0.3, -0.25) is 10.1 Å². The number of carbonyl (C=O) groups is 1. The van der Waals surface area contributed by atoms with Gasteiger partial charge in [-0.1, -0.05) is 6.92 Å². The molecule has 0 unspecified atom stereocenters. The van der Waals surface area contributed by atoms with E-state index in [1.807, 2.05) is 13.8 Å². The third-order valence-electron chi connectivity index (χ3n) is 1.44. The van der Waals surface area contributed by atoms with Gasteiger partial charge in [-0.25, -0.2) is 4.98 Å². The Morgan fingerprint density at radius 3 is 3.00 bits per heavy atom. The first-order valence-corrected chi connectivity index (χ1v) is 4.04. The maximum atomic E-state index is 11.1. The van der Waals surface area contributed by atoms with E-state index in [9.17, 15) is 4.79 Å². The predicted octanol–water partition coefficient (Wildman–Crippen LogP) is 1.46. The lowest BCUT2D eigenvalue weighted by Crippen LogP contribution is -2.11. The zero-order chi connectivity index (χ0) is 8.97. The largest absolute Gasteiger partial charge is 0.328 e. The van der Waals surface area contributed by atoms with E-state index in [2.05, 4.69) is 15.3 Å². The zero-order valence-corrected chi connectivity index (χ0v) is 7.35. The second-order valence-electron chi connectivity index (χ2n) is 2.71. The van der Waals surface area contributed by atoms with Crippen LogP contribution in [0.5, 0.6) is 0 Å². The zero-order valence-electron chi connectivity index (χ0n) is 7.35. The van der Waals surface area contributed by atoms with Gasteiger partial charge in [0, 0.05) is 18.3 Å². The summed E-state index contributed by atoms with van der Waals surface area (Å²) >= 11 is 0. The summed E-state index contributed by atoms with van der Waals surface area (Å²) in [6.45, 7) is 3.86. The molecule has 1 amide bonds. The van der Waals surface area contributed by atoms with Crippen molar-refractivity contribution in [2.45, 2.75) is 26.7 Å². The van der Waals surface area contributed by atoms with Crippen LogP contribution in [0, 0.1) is 6.92 Å². The van der Waals surface area contributed by atoms with E-state index in [1.165, 1.54) is 0 Å². The van der Waals surface area contributed by atoms with E-state index < -0.39 is 0 Å². The molecule has 2 N–H and O–H groups in total. The highest BCUT2D eigenvalue weighted by Gasteiger charge is 2.01. The molecule has 0 atom stereocenters. The van der Waals surface area contributed by atoms with Crippen molar-refractivity contribution >= 4 is 11.9 Å². The number of rotatable bonds is 3. The van der Waals surface area contributed by atoms with E-state index in [1.54, 1.807) is 6.20 Å². The van der Waals surface area contributed by atoms with Gasteiger partial charge in [0.2, 0.25) is 11.9 Å². The second kappa shape index (κ2) is 3.90. The lowest BCUT2D eigenvalue weighted by molar-refractivity contribution is -0.116. The van der Waals surface area contributed by atoms with Crippen molar-refractivity contribution in [2.24, 2.45) is 0 Å². The highest BCUT2D eigenvalue weighted by atomic mass is 16.1. The Labute approximate surface area is 71.4 Å². The van der Waals surface area contributed by atoms with E-state index in [0.29, 0.717) is 12.4 Å². The van der Waals surface area contributed by atoms with Gasteiger partial charge in [-0.2, -0.15) is 0 Å². The van der Waals surface area contributed by atoms with E-state index >= 15 is 0 Å². The smallest absolute Gasteiger partial charge is 0.226 e. The van der Waals surface area contributed by atoms with Gasteiger partial charge >= 0.3 is 0 Å². The predicted molar refractivity (Wildman–Crippen MR) is 46.9 cm³/mol. The minimum Gasteiger partial charge on any atom is -0.328 e. The number of H-pyrrole nitrogens is 1. The second-order valence-corrected chi connectivity index (χ2v) is 2.71. The molecule has 0 bridgehead atoms. The van der Waals surface area contributed by atoms with Crippen LogP contribution in [0.2, 0.25) is 0 Å². The molecule has 1 rings (SSSR count). The normalized spacial score (nSPS) is 9.83. The summed E-state index contributed by atoms with van der Waals surface area (Å²) in [5.74, 6) is 0.540. The van der Waals surface area contributed by atoms with E-state index in [4.69, 9.17) is 0 Å². The number of aromatic nitrogens is 2. The van der Waals surface area contributed by atoms with Crippen LogP contribution >= 0.6 is 0 Å². The number of hydrogen-bond acceptors (Lipinski definition) is 2. The summed E-state index contributed by atoms with van der Waals surface area (Å²) in [4.78, 5) is 17.9. The summed E-state index contributed by atoms with van der Waals surface area (Å²) in [7, 11) is 0. The number of nitrogens with one attached hydrogen (secondary N) is 2. The number of nitrogens with zero attached hydrogens (tertiary/aromatic N) is 1. The highest BCUT2D eigenvalue weighted by Crippen LogP contribution is 2.01. The molecular formula is C8H13N3O. The van der Waals surface area contributed by atoms with Gasteiger partial charge in [-0.05, 0) is 13.3 Å². The van der Waals surface area contributed by atoms with Crippen LogP contribution in [0.15, 0.2) is 6.20 Å². The molecule has 0 aliphatic rings. The molecule has 0 radical (unpaired) electrons. The van der Waals surface area contributed by atoms with Crippen molar-refractivity contribution in [1.29, 1.82) is 0 Å². The highest BCUT2D eigenvalue weighted by molar-refractivity contribution is 5.88. The van der Waals surface area contributed by atoms with Crippen molar-refractivity contribution in [3.63, 3.8) is 0 Å². The van der Waals surface area contributed by atoms with Gasteiger partial charge in [0.05, 0.1) is 0 Å². The fourth-order valence-electron chi connectivity index (χ4n) is 0.898. The summed E-state index contributed by atoms with van der Waals surface area (Å²) in [5, 5.41) is 2.66. The topological polar surface area (TPSA) is 57.8 Å². The lowest BCUT2D eigenvalue weighted by Gasteiger charge is -1.98. The fraction of sp³-hybridized carbons (Fsp3) is 0.500. The first kappa shape index (κ1) is 8.77. The summed E-state index contributed by atoms with van der Waals surface area (Å²) in [5.41, 5.74) is 0.946. The monoisotopic (exact) mass is 167 g/mol. The number of aryl methyl sites for hydroxylation is 1. The van der Waals surface area contributed by atoms with Gasteiger partial charge in [0.1, 0.15) is 0 Å². The first-order valence-electron chi connectivity index (χ1n) is 4.04. The quantitative estimate of drug-likeness (QED) is 0.716. The SMILES string of the molecule is CCCC(=O)Nc1ncc(C)[nH]1. The molecular weight excluding hydrogens is 154 g/mol. The van der Waals surface area contributed by atoms with E-state index in [-0.39, 0.29) is 5.91 Å². The van der Waals surface area contributed by atoms with Crippen LogP contribution in [0.4, 0.5) is 5.95 Å². The lowest BCUT2D eigenvalue weighted by atomic mass is 10.3. The van der Waals surface area contributed by atoms with Gasteiger partial charge in [0.25, 0.3) is 0 Å².